The molecule has 0 bridgehead atoms. The average Bonchev–Trinajstić information content (AvgIpc) is 3.73. The van der Waals surface area contributed by atoms with Crippen LogP contribution in [0.25, 0.3) is 11.1 Å². The smallest absolute Gasteiger partial charge is 0.337 e. The van der Waals surface area contributed by atoms with Crippen molar-refractivity contribution in [1.29, 1.82) is 0 Å². The molecule has 4 nitrogen and oxygen atoms in total. The highest BCUT2D eigenvalue weighted by atomic mass is 35.5. The highest BCUT2D eigenvalue weighted by Crippen LogP contribution is 2.39. The van der Waals surface area contributed by atoms with Gasteiger partial charge >= 0.3 is 12.2 Å². The Balaban J connectivity index is 1.33. The van der Waals surface area contributed by atoms with Crippen LogP contribution in [0.3, 0.4) is 0 Å². The molecule has 0 aromatic heterocycles. The van der Waals surface area contributed by atoms with E-state index in [2.05, 4.69) is 39.8 Å². The normalized spacial score (nSPS) is 17.6. The topological polar surface area (TPSA) is 44.4 Å². The van der Waals surface area contributed by atoms with Crippen molar-refractivity contribution in [2.45, 2.75) is 37.3 Å². The second kappa shape index (κ2) is 11.4. The molecule has 0 spiro atoms. The van der Waals surface area contributed by atoms with Gasteiger partial charge in [0.15, 0.2) is 0 Å². The minimum Gasteiger partial charge on any atom is -0.337 e. The van der Waals surface area contributed by atoms with Crippen molar-refractivity contribution in [3.05, 3.63) is 87.9 Å². The number of amides is 2. The third-order valence-corrected chi connectivity index (χ3v) is 8.27. The fourth-order valence-electron chi connectivity index (χ4n) is 5.36. The van der Waals surface area contributed by atoms with Crippen molar-refractivity contribution in [2.24, 2.45) is 5.92 Å². The molecule has 1 heterocycles. The van der Waals surface area contributed by atoms with Crippen LogP contribution in [0.2, 0.25) is 10.0 Å². The lowest BCUT2D eigenvalue weighted by molar-refractivity contribution is -0.136. The molecule has 2 fully saturated rings. The molecule has 0 atom stereocenters. The van der Waals surface area contributed by atoms with Crippen LogP contribution < -0.4 is 10.6 Å². The van der Waals surface area contributed by atoms with Gasteiger partial charge in [0.05, 0.1) is 11.3 Å². The summed E-state index contributed by atoms with van der Waals surface area (Å²) < 4.78 is 40.5. The number of hydrogen-bond donors (Lipinski definition) is 2. The minimum atomic E-state index is -4.64. The summed E-state index contributed by atoms with van der Waals surface area (Å²) in [6, 6.07) is 18.6. The van der Waals surface area contributed by atoms with Gasteiger partial charge in [-0.3, -0.25) is 0 Å². The lowest BCUT2D eigenvalue weighted by Gasteiger charge is -2.42. The number of anilines is 1. The van der Waals surface area contributed by atoms with Crippen molar-refractivity contribution >= 4 is 34.9 Å². The number of nitrogens with one attached hydrogen (secondary N) is 2. The predicted molar refractivity (Wildman–Crippen MR) is 150 cm³/mol. The number of halogens is 5. The molecule has 1 saturated carbocycles. The molecule has 1 aliphatic carbocycles. The van der Waals surface area contributed by atoms with E-state index < -0.39 is 17.8 Å². The Kier molecular flexibility index (Phi) is 8.13. The summed E-state index contributed by atoms with van der Waals surface area (Å²) in [5.41, 5.74) is 1.51. The Bertz CT molecular complexity index is 1320. The summed E-state index contributed by atoms with van der Waals surface area (Å²) in [5, 5.41) is 5.87. The van der Waals surface area contributed by atoms with E-state index in [1.54, 1.807) is 0 Å². The van der Waals surface area contributed by atoms with E-state index in [-0.39, 0.29) is 16.1 Å². The Labute approximate surface area is 236 Å². The number of benzene rings is 3. The molecular weight excluding hydrogens is 546 g/mol. The van der Waals surface area contributed by atoms with Crippen LogP contribution in [0.4, 0.5) is 23.7 Å². The molecule has 1 aliphatic heterocycles. The molecule has 0 unspecified atom stereocenters. The van der Waals surface area contributed by atoms with Crippen LogP contribution in [-0.2, 0) is 11.6 Å². The summed E-state index contributed by atoms with van der Waals surface area (Å²) in [6.45, 7) is 3.23. The van der Waals surface area contributed by atoms with Crippen molar-refractivity contribution in [3.63, 3.8) is 0 Å². The Morgan fingerprint density at radius 2 is 1.62 bits per heavy atom. The Hall–Kier alpha value is -2.74. The zero-order valence-corrected chi connectivity index (χ0v) is 22.8. The quantitative estimate of drug-likeness (QED) is 0.298. The van der Waals surface area contributed by atoms with Crippen LogP contribution in [0.5, 0.6) is 0 Å². The Morgan fingerprint density at radius 3 is 2.26 bits per heavy atom. The number of carbonyl (C=O) groups is 1. The SMILES string of the molecule is O=C(NCC1(c2ccc(-c3cccc(Cl)c3)cc2)CCN(CC2CC2)CC1)Nc1ccc(Cl)cc1C(F)(F)F. The highest BCUT2D eigenvalue weighted by molar-refractivity contribution is 6.31. The minimum absolute atomic E-state index is 0.0496. The highest BCUT2D eigenvalue weighted by Gasteiger charge is 2.38. The maximum Gasteiger partial charge on any atom is 0.418 e. The number of piperidine rings is 1. The molecule has 3 aromatic carbocycles. The fraction of sp³-hybridized carbons (Fsp3) is 0.367. The first kappa shape index (κ1) is 27.8. The lowest BCUT2D eigenvalue weighted by atomic mass is 9.72. The lowest BCUT2D eigenvalue weighted by Crippen LogP contribution is -2.50. The molecule has 3 aromatic rings. The van der Waals surface area contributed by atoms with Gasteiger partial charge in [-0.1, -0.05) is 59.6 Å². The van der Waals surface area contributed by atoms with Crippen LogP contribution in [-0.4, -0.2) is 37.1 Å². The molecule has 39 heavy (non-hydrogen) atoms. The third kappa shape index (κ3) is 6.89. The summed E-state index contributed by atoms with van der Waals surface area (Å²) in [5.74, 6) is 0.792. The van der Waals surface area contributed by atoms with Crippen LogP contribution in [0.15, 0.2) is 66.7 Å². The van der Waals surface area contributed by atoms with Gasteiger partial charge in [0.25, 0.3) is 0 Å². The van der Waals surface area contributed by atoms with Crippen molar-refractivity contribution < 1.29 is 18.0 Å². The van der Waals surface area contributed by atoms with E-state index >= 15 is 0 Å². The van der Waals surface area contributed by atoms with Crippen LogP contribution in [0.1, 0.15) is 36.8 Å². The summed E-state index contributed by atoms with van der Waals surface area (Å²) >= 11 is 11.9. The van der Waals surface area contributed by atoms with E-state index in [4.69, 9.17) is 23.2 Å². The van der Waals surface area contributed by atoms with Crippen LogP contribution >= 0.6 is 23.2 Å². The predicted octanol–water partition coefficient (Wildman–Crippen LogP) is 8.24. The number of nitrogens with zero attached hydrogens (tertiary/aromatic N) is 1. The first-order valence-electron chi connectivity index (χ1n) is 13.1. The number of hydrogen-bond acceptors (Lipinski definition) is 2. The fourth-order valence-corrected chi connectivity index (χ4v) is 5.72. The number of likely N-dealkylation sites (tertiary alicyclic amines) is 1. The van der Waals surface area contributed by atoms with Crippen molar-refractivity contribution in [3.8, 4) is 11.1 Å². The van der Waals surface area contributed by atoms with Gasteiger partial charge in [-0.15, -0.1) is 0 Å². The molecule has 2 aliphatic rings. The summed E-state index contributed by atoms with van der Waals surface area (Å²) in [6.07, 6.45) is -0.387. The van der Waals surface area contributed by atoms with Gasteiger partial charge < -0.3 is 15.5 Å². The van der Waals surface area contributed by atoms with Gasteiger partial charge in [-0.25, -0.2) is 4.79 Å². The summed E-state index contributed by atoms with van der Waals surface area (Å²) in [4.78, 5) is 15.3. The second-order valence-corrected chi connectivity index (χ2v) is 11.5. The average molecular weight is 576 g/mol. The van der Waals surface area contributed by atoms with E-state index in [0.717, 1.165) is 61.2 Å². The first-order chi connectivity index (χ1) is 18.6. The van der Waals surface area contributed by atoms with E-state index in [1.165, 1.54) is 25.0 Å². The molecule has 5 rings (SSSR count). The van der Waals surface area contributed by atoms with E-state index in [1.807, 2.05) is 24.3 Å². The van der Waals surface area contributed by atoms with Gasteiger partial charge in [-0.2, -0.15) is 13.2 Å². The molecule has 2 amide bonds. The first-order valence-corrected chi connectivity index (χ1v) is 13.9. The van der Waals surface area contributed by atoms with Gasteiger partial charge in [0.1, 0.15) is 0 Å². The maximum absolute atomic E-state index is 13.5. The summed E-state index contributed by atoms with van der Waals surface area (Å²) in [7, 11) is 0. The molecule has 0 radical (unpaired) electrons. The maximum atomic E-state index is 13.5. The molecule has 2 N–H and O–H groups in total. The molecular formula is C30H30Cl2F3N3O. The van der Waals surface area contributed by atoms with E-state index in [0.29, 0.717) is 11.6 Å². The van der Waals surface area contributed by atoms with Crippen molar-refractivity contribution in [2.75, 3.05) is 31.5 Å². The second-order valence-electron chi connectivity index (χ2n) is 10.6. The van der Waals surface area contributed by atoms with E-state index in [9.17, 15) is 18.0 Å². The van der Waals surface area contributed by atoms with Gasteiger partial charge in [0, 0.05) is 28.5 Å². The number of rotatable bonds is 7. The monoisotopic (exact) mass is 575 g/mol. The van der Waals surface area contributed by atoms with Crippen LogP contribution in [0, 0.1) is 5.92 Å². The number of alkyl halides is 3. The molecule has 206 valence electrons. The molecule has 1 saturated heterocycles. The van der Waals surface area contributed by atoms with Crippen molar-refractivity contribution in [1.82, 2.24) is 10.2 Å². The number of urea groups is 1. The van der Waals surface area contributed by atoms with Gasteiger partial charge in [0.2, 0.25) is 0 Å². The zero-order valence-electron chi connectivity index (χ0n) is 21.3. The standard InChI is InChI=1S/C30H30Cl2F3N3O/c31-24-3-1-2-22(16-24)21-6-8-23(9-7-21)29(12-14-38(15-13-29)18-20-4-5-20)19-36-28(39)37-27-11-10-25(32)17-26(27)30(33,34)35/h1-3,6-11,16-17,20H,4-5,12-15,18-19H2,(H2,36,37,39). The van der Waals surface area contributed by atoms with Gasteiger partial charge in [-0.05, 0) is 91.7 Å². The number of carbonyl (C=O) groups excluding carboxylic acids is 1. The largest absolute Gasteiger partial charge is 0.418 e. The zero-order chi connectivity index (χ0) is 27.6. The third-order valence-electron chi connectivity index (χ3n) is 7.80. The Morgan fingerprint density at radius 1 is 0.923 bits per heavy atom. The molecule has 9 heteroatoms.